The SMILES string of the molecule is CCc1cc(C(=O)NCC2(COC)CCNCC2)n[nH]1.Cl. The Bertz CT molecular complexity index is 438. The van der Waals surface area contributed by atoms with Crippen LogP contribution >= 0.6 is 12.4 Å². The second-order valence-electron chi connectivity index (χ2n) is 5.50. The van der Waals surface area contributed by atoms with Crippen molar-refractivity contribution in [1.82, 2.24) is 20.8 Å². The number of hydrogen-bond acceptors (Lipinski definition) is 4. The highest BCUT2D eigenvalue weighted by atomic mass is 35.5. The Balaban J connectivity index is 0.00000220. The van der Waals surface area contributed by atoms with Crippen LogP contribution in [0.4, 0.5) is 0 Å². The van der Waals surface area contributed by atoms with Gasteiger partial charge in [-0.2, -0.15) is 5.10 Å². The predicted molar refractivity (Wildman–Crippen MR) is 84.0 cm³/mol. The van der Waals surface area contributed by atoms with Gasteiger partial charge in [-0.15, -0.1) is 12.4 Å². The van der Waals surface area contributed by atoms with E-state index in [-0.39, 0.29) is 23.7 Å². The maximum Gasteiger partial charge on any atom is 0.271 e. The van der Waals surface area contributed by atoms with Crippen LogP contribution in [0.1, 0.15) is 35.9 Å². The quantitative estimate of drug-likeness (QED) is 0.735. The van der Waals surface area contributed by atoms with Gasteiger partial charge in [0.1, 0.15) is 5.69 Å². The minimum Gasteiger partial charge on any atom is -0.384 e. The number of amides is 1. The van der Waals surface area contributed by atoms with Crippen molar-refractivity contribution in [2.45, 2.75) is 26.2 Å². The van der Waals surface area contributed by atoms with Crippen LogP contribution < -0.4 is 10.6 Å². The lowest BCUT2D eigenvalue weighted by Gasteiger charge is -2.37. The molecule has 0 saturated carbocycles. The summed E-state index contributed by atoms with van der Waals surface area (Å²) < 4.78 is 5.34. The summed E-state index contributed by atoms with van der Waals surface area (Å²) in [7, 11) is 1.72. The fraction of sp³-hybridized carbons (Fsp3) is 0.714. The molecule has 1 aromatic heterocycles. The standard InChI is InChI=1S/C14H24N4O2.ClH/c1-3-11-8-12(18-17-11)13(19)16-9-14(10-20-2)4-6-15-7-5-14;/h8,15H,3-7,9-10H2,1-2H3,(H,16,19)(H,17,18);1H. The zero-order chi connectivity index (χ0) is 14.4. The number of methoxy groups -OCH3 is 1. The van der Waals surface area contributed by atoms with Crippen molar-refractivity contribution in [2.75, 3.05) is 33.4 Å². The summed E-state index contributed by atoms with van der Waals surface area (Å²) in [4.78, 5) is 12.1. The smallest absolute Gasteiger partial charge is 0.271 e. The Hall–Kier alpha value is -1.11. The Morgan fingerprint density at radius 3 is 2.76 bits per heavy atom. The Morgan fingerprint density at radius 1 is 1.48 bits per heavy atom. The van der Waals surface area contributed by atoms with Gasteiger partial charge in [0.05, 0.1) is 6.61 Å². The van der Waals surface area contributed by atoms with Crippen molar-refractivity contribution in [3.05, 3.63) is 17.5 Å². The molecule has 0 aromatic carbocycles. The Labute approximate surface area is 131 Å². The van der Waals surface area contributed by atoms with Crippen LogP contribution in [-0.2, 0) is 11.2 Å². The van der Waals surface area contributed by atoms with E-state index >= 15 is 0 Å². The van der Waals surface area contributed by atoms with E-state index in [1.165, 1.54) is 0 Å². The minimum absolute atomic E-state index is 0. The molecule has 120 valence electrons. The number of ether oxygens (including phenoxy) is 1. The first-order valence-electron chi connectivity index (χ1n) is 7.21. The highest BCUT2D eigenvalue weighted by molar-refractivity contribution is 5.92. The van der Waals surface area contributed by atoms with E-state index in [1.54, 1.807) is 13.2 Å². The molecule has 1 amide bonds. The molecule has 0 unspecified atom stereocenters. The minimum atomic E-state index is -0.116. The fourth-order valence-electron chi connectivity index (χ4n) is 2.65. The van der Waals surface area contributed by atoms with Crippen molar-refractivity contribution in [3.63, 3.8) is 0 Å². The number of H-pyrrole nitrogens is 1. The van der Waals surface area contributed by atoms with E-state index in [9.17, 15) is 4.79 Å². The Kier molecular flexibility index (Phi) is 7.14. The molecule has 3 N–H and O–H groups in total. The summed E-state index contributed by atoms with van der Waals surface area (Å²) in [6.07, 6.45) is 2.88. The second kappa shape index (κ2) is 8.36. The third-order valence-corrected chi connectivity index (χ3v) is 3.98. The van der Waals surface area contributed by atoms with Crippen LogP contribution in [0.3, 0.4) is 0 Å². The maximum atomic E-state index is 12.1. The molecule has 0 aliphatic carbocycles. The van der Waals surface area contributed by atoms with E-state index < -0.39 is 0 Å². The van der Waals surface area contributed by atoms with E-state index in [2.05, 4.69) is 20.8 Å². The highest BCUT2D eigenvalue weighted by Gasteiger charge is 2.32. The molecular weight excluding hydrogens is 292 g/mol. The molecule has 6 nitrogen and oxygen atoms in total. The van der Waals surface area contributed by atoms with Crippen LogP contribution in [0.25, 0.3) is 0 Å². The average molecular weight is 317 g/mol. The molecule has 2 rings (SSSR count). The van der Waals surface area contributed by atoms with Crippen LogP contribution in [0.2, 0.25) is 0 Å². The number of aromatic nitrogens is 2. The predicted octanol–water partition coefficient (Wildman–Crippen LogP) is 1.14. The van der Waals surface area contributed by atoms with Gasteiger partial charge in [-0.05, 0) is 38.4 Å². The number of rotatable bonds is 6. The third kappa shape index (κ3) is 4.69. The number of piperidine rings is 1. The first kappa shape index (κ1) is 17.9. The number of nitrogens with zero attached hydrogens (tertiary/aromatic N) is 1. The van der Waals surface area contributed by atoms with Crippen LogP contribution in [0, 0.1) is 5.41 Å². The summed E-state index contributed by atoms with van der Waals surface area (Å²) >= 11 is 0. The Morgan fingerprint density at radius 2 is 2.19 bits per heavy atom. The monoisotopic (exact) mass is 316 g/mol. The average Bonchev–Trinajstić information content (AvgIpc) is 2.95. The van der Waals surface area contributed by atoms with Crippen LogP contribution in [-0.4, -0.2) is 49.5 Å². The maximum absolute atomic E-state index is 12.1. The molecule has 1 saturated heterocycles. The van der Waals surface area contributed by atoms with Crippen molar-refractivity contribution < 1.29 is 9.53 Å². The van der Waals surface area contributed by atoms with Gasteiger partial charge in [-0.1, -0.05) is 6.92 Å². The van der Waals surface area contributed by atoms with Crippen molar-refractivity contribution >= 4 is 18.3 Å². The van der Waals surface area contributed by atoms with E-state index in [1.807, 2.05) is 6.92 Å². The molecule has 2 heterocycles. The summed E-state index contributed by atoms with van der Waals surface area (Å²) in [5.74, 6) is -0.116. The molecule has 1 aliphatic rings. The number of aromatic amines is 1. The summed E-state index contributed by atoms with van der Waals surface area (Å²) in [6.45, 7) is 5.28. The number of carbonyl (C=O) groups excluding carboxylic acids is 1. The highest BCUT2D eigenvalue weighted by Crippen LogP contribution is 2.28. The molecule has 21 heavy (non-hydrogen) atoms. The molecule has 0 spiro atoms. The van der Waals surface area contributed by atoms with Gasteiger partial charge < -0.3 is 15.4 Å². The van der Waals surface area contributed by atoms with Crippen molar-refractivity contribution in [1.29, 1.82) is 0 Å². The van der Waals surface area contributed by atoms with Crippen LogP contribution in [0.5, 0.6) is 0 Å². The van der Waals surface area contributed by atoms with Crippen molar-refractivity contribution in [2.24, 2.45) is 5.41 Å². The van der Waals surface area contributed by atoms with Gasteiger partial charge in [-0.3, -0.25) is 9.89 Å². The number of aryl methyl sites for hydroxylation is 1. The first-order valence-corrected chi connectivity index (χ1v) is 7.21. The van der Waals surface area contributed by atoms with E-state index in [0.29, 0.717) is 18.8 Å². The topological polar surface area (TPSA) is 79.0 Å². The van der Waals surface area contributed by atoms with Gasteiger partial charge in [0.15, 0.2) is 0 Å². The lowest BCUT2D eigenvalue weighted by molar-refractivity contribution is 0.0510. The van der Waals surface area contributed by atoms with Crippen molar-refractivity contribution in [3.8, 4) is 0 Å². The lowest BCUT2D eigenvalue weighted by Crippen LogP contribution is -2.47. The van der Waals surface area contributed by atoms with Gasteiger partial charge in [-0.25, -0.2) is 0 Å². The van der Waals surface area contributed by atoms with Crippen LogP contribution in [0.15, 0.2) is 6.07 Å². The third-order valence-electron chi connectivity index (χ3n) is 3.98. The number of hydrogen-bond donors (Lipinski definition) is 3. The molecular formula is C14H25ClN4O2. The number of halogens is 1. The first-order chi connectivity index (χ1) is 9.69. The summed E-state index contributed by atoms with van der Waals surface area (Å²) in [5, 5.41) is 13.2. The molecule has 1 aromatic rings. The van der Waals surface area contributed by atoms with Gasteiger partial charge in [0.25, 0.3) is 5.91 Å². The lowest BCUT2D eigenvalue weighted by atomic mass is 9.79. The number of nitrogens with one attached hydrogen (secondary N) is 3. The zero-order valence-corrected chi connectivity index (χ0v) is 13.5. The molecule has 0 atom stereocenters. The van der Waals surface area contributed by atoms with E-state index in [4.69, 9.17) is 4.74 Å². The summed E-state index contributed by atoms with van der Waals surface area (Å²) in [5.41, 5.74) is 1.48. The van der Waals surface area contributed by atoms with Gasteiger partial charge in [0, 0.05) is 24.8 Å². The normalized spacial score (nSPS) is 17.0. The fourth-order valence-corrected chi connectivity index (χ4v) is 2.65. The van der Waals surface area contributed by atoms with Gasteiger partial charge in [0.2, 0.25) is 0 Å². The molecule has 1 fully saturated rings. The number of carbonyl (C=O) groups is 1. The molecule has 0 bridgehead atoms. The molecule has 0 radical (unpaired) electrons. The van der Waals surface area contributed by atoms with Gasteiger partial charge >= 0.3 is 0 Å². The zero-order valence-electron chi connectivity index (χ0n) is 12.7. The molecule has 1 aliphatic heterocycles. The van der Waals surface area contributed by atoms with E-state index in [0.717, 1.165) is 38.0 Å². The molecule has 7 heteroatoms. The summed E-state index contributed by atoms with van der Waals surface area (Å²) in [6, 6.07) is 1.81. The largest absolute Gasteiger partial charge is 0.384 e. The second-order valence-corrected chi connectivity index (χ2v) is 5.50.